The molecule has 0 aromatic heterocycles. The summed E-state index contributed by atoms with van der Waals surface area (Å²) in [6.07, 6.45) is 16.8. The van der Waals surface area contributed by atoms with E-state index in [1.807, 2.05) is 102 Å². The minimum atomic E-state index is 0.0515. The highest BCUT2D eigenvalue weighted by atomic mass is 31.1. The Balaban J connectivity index is -0.000000244. The number of unbranched alkanes of at least 4 members (excludes halogenated alkanes) is 1. The largest absolute Gasteiger partial charge is 0.389 e. The van der Waals surface area contributed by atoms with Crippen LogP contribution in [-0.4, -0.2) is 49.1 Å². The van der Waals surface area contributed by atoms with Gasteiger partial charge in [-0.05, 0) is 70.5 Å². The van der Waals surface area contributed by atoms with Gasteiger partial charge in [0.15, 0.2) is 0 Å². The fourth-order valence-corrected chi connectivity index (χ4v) is 5.45. The van der Waals surface area contributed by atoms with Crippen molar-refractivity contribution in [2.75, 3.05) is 32.2 Å². The number of amides is 1. The second-order valence-corrected chi connectivity index (χ2v) is 14.3. The number of fused-ring (bicyclic) bond motifs is 1. The van der Waals surface area contributed by atoms with E-state index in [4.69, 9.17) is 11.6 Å². The third kappa shape index (κ3) is 32.6. The normalized spacial score (nSPS) is 14.4. The number of nitrogens with two attached hydrogens (primary N) is 2. The molecule has 1 heterocycles. The molecule has 1 amide bonds. The third-order valence-electron chi connectivity index (χ3n) is 7.67. The average Bonchev–Trinajstić information content (AvgIpc) is 3.28. The molecule has 2 unspecified atom stereocenters. The number of hydrogen-bond acceptors (Lipinski definition) is 7. The van der Waals surface area contributed by atoms with Gasteiger partial charge in [0.1, 0.15) is 0 Å². The molecule has 0 fully saturated rings. The average molecular weight is 832 g/mol. The zero-order valence-electron chi connectivity index (χ0n) is 41.3. The summed E-state index contributed by atoms with van der Waals surface area (Å²) in [7, 11) is 0.0515. The number of carbonyl (C=O) groups is 1. The molecule has 0 aliphatic carbocycles. The van der Waals surface area contributed by atoms with Crippen LogP contribution in [0.1, 0.15) is 167 Å². The molecule has 9 heteroatoms. The number of rotatable bonds is 18. The van der Waals surface area contributed by atoms with Crippen LogP contribution in [0.5, 0.6) is 0 Å². The van der Waals surface area contributed by atoms with Crippen molar-refractivity contribution in [2.24, 2.45) is 11.6 Å². The molecular weight excluding hydrogens is 734 g/mol. The third-order valence-corrected chi connectivity index (χ3v) is 9.44. The molecule has 0 saturated carbocycles. The number of hydrogen-bond donors (Lipinski definition) is 6. The van der Waals surface area contributed by atoms with E-state index in [2.05, 4.69) is 110 Å². The lowest BCUT2D eigenvalue weighted by atomic mass is 9.95. The topological polar surface area (TPSA) is 120 Å². The van der Waals surface area contributed by atoms with Crippen LogP contribution in [-0.2, 0) is 11.3 Å². The Bertz CT molecular complexity index is 1190. The molecular formula is C49H98N7OP. The molecule has 0 bridgehead atoms. The van der Waals surface area contributed by atoms with Gasteiger partial charge in [-0.3, -0.25) is 10.6 Å². The van der Waals surface area contributed by atoms with Crippen LogP contribution in [0.15, 0.2) is 91.1 Å². The van der Waals surface area contributed by atoms with E-state index in [-0.39, 0.29) is 19.9 Å². The second-order valence-electron chi connectivity index (χ2n) is 11.7. The van der Waals surface area contributed by atoms with E-state index in [0.29, 0.717) is 6.42 Å². The number of nitrogens with zero attached hydrogens (tertiary/aromatic N) is 1. The standard InChI is InChI=1S/C29H44N6.C7H16NOP.C3H8.5C2H6/c1-6-24(30)17-12-13-19-32-22(5)15-14-20-33-28-26-18-11-10-16-23(26)21-35(9-4)27(8-3)25(7-2)29(28)34-31;1-4-7(9)8-6-10(3)5-2;1-3-2;5*1-2/h6-11,16,18,24,32-34H,1,4-5,12-15,17,19-21,30-31H2,2-3H3;4-6H2,1-3H3,(H,8,9);3H2,1-2H3;5*1-2H3/b25-7+,27-8+,29-28-;;;;;;;. The summed E-state index contributed by atoms with van der Waals surface area (Å²) in [5, 5.41) is 9.99. The summed E-state index contributed by atoms with van der Waals surface area (Å²) >= 11 is 0. The summed E-state index contributed by atoms with van der Waals surface area (Å²) in [4.78, 5) is 12.9. The Morgan fingerprint density at radius 1 is 0.862 bits per heavy atom. The first-order chi connectivity index (χ1) is 28.1. The SMILES string of the molecule is C=CC(N)CCCCNC(=C)CCCN/C1=C(NN)/C(=C/C)C(=C\C)/N(C=C)Cc2ccccc21.CC.CC.CC.CC.CC.CCC.CCC(=O)NCP(C)CC. The number of nitrogens with one attached hydrogen (secondary N) is 4. The summed E-state index contributed by atoms with van der Waals surface area (Å²) in [5.41, 5.74) is 16.2. The first-order valence-corrected chi connectivity index (χ1v) is 24.8. The fraction of sp³-hybridized carbons (Fsp3) is 0.612. The number of hydrazine groups is 1. The van der Waals surface area contributed by atoms with Crippen molar-refractivity contribution in [3.05, 3.63) is 102 Å². The molecule has 2 atom stereocenters. The van der Waals surface area contributed by atoms with Gasteiger partial charge >= 0.3 is 0 Å². The van der Waals surface area contributed by atoms with Gasteiger partial charge in [-0.25, -0.2) is 0 Å². The monoisotopic (exact) mass is 832 g/mol. The molecule has 58 heavy (non-hydrogen) atoms. The van der Waals surface area contributed by atoms with Gasteiger partial charge in [0, 0.05) is 60.9 Å². The number of carbonyl (C=O) groups excluding carboxylic acids is 1. The number of allylic oxidation sites excluding steroid dienone is 3. The number of benzene rings is 1. The molecule has 2 rings (SSSR count). The maximum Gasteiger partial charge on any atom is 0.219 e. The maximum atomic E-state index is 10.7. The van der Waals surface area contributed by atoms with Crippen molar-refractivity contribution in [1.29, 1.82) is 0 Å². The second kappa shape index (κ2) is 51.7. The van der Waals surface area contributed by atoms with E-state index in [9.17, 15) is 4.79 Å². The lowest BCUT2D eigenvalue weighted by Crippen LogP contribution is -2.33. The van der Waals surface area contributed by atoms with Crippen LogP contribution in [0, 0.1) is 0 Å². The molecule has 8 N–H and O–H groups in total. The van der Waals surface area contributed by atoms with Gasteiger partial charge in [0.2, 0.25) is 5.91 Å². The Hall–Kier alpha value is -3.32. The highest BCUT2D eigenvalue weighted by Gasteiger charge is 2.24. The lowest BCUT2D eigenvalue weighted by Gasteiger charge is -2.32. The molecule has 0 radical (unpaired) electrons. The summed E-state index contributed by atoms with van der Waals surface area (Å²) in [5.74, 6) is 6.27. The molecule has 8 nitrogen and oxygen atoms in total. The Morgan fingerprint density at radius 3 is 1.90 bits per heavy atom. The lowest BCUT2D eigenvalue weighted by molar-refractivity contribution is -0.120. The van der Waals surface area contributed by atoms with Gasteiger partial charge in [-0.15, -0.1) is 6.58 Å². The molecule has 1 aliphatic heterocycles. The Kier molecular flexibility index (Phi) is 59.3. The van der Waals surface area contributed by atoms with Gasteiger partial charge in [-0.1, -0.05) is 167 Å². The quantitative estimate of drug-likeness (QED) is 0.0286. The van der Waals surface area contributed by atoms with E-state index in [1.165, 1.54) is 18.1 Å². The molecule has 340 valence electrons. The van der Waals surface area contributed by atoms with Crippen LogP contribution in [0.4, 0.5) is 0 Å². The Labute approximate surface area is 363 Å². The maximum absolute atomic E-state index is 10.7. The molecule has 0 saturated heterocycles. The zero-order valence-corrected chi connectivity index (χ0v) is 42.2. The van der Waals surface area contributed by atoms with Crippen molar-refractivity contribution in [3.8, 4) is 0 Å². The van der Waals surface area contributed by atoms with Crippen LogP contribution in [0.2, 0.25) is 0 Å². The summed E-state index contributed by atoms with van der Waals surface area (Å²) < 4.78 is 0. The predicted octanol–water partition coefficient (Wildman–Crippen LogP) is 12.9. The highest BCUT2D eigenvalue weighted by Crippen LogP contribution is 2.33. The smallest absolute Gasteiger partial charge is 0.219 e. The minimum absolute atomic E-state index is 0.0515. The fourth-order valence-electron chi connectivity index (χ4n) is 4.78. The first kappa shape index (κ1) is 66.5. The molecule has 1 aliphatic rings. The highest BCUT2D eigenvalue weighted by molar-refractivity contribution is 7.56. The molecule has 1 aromatic rings. The van der Waals surface area contributed by atoms with Gasteiger partial charge in [0.25, 0.3) is 0 Å². The van der Waals surface area contributed by atoms with Crippen molar-refractivity contribution in [3.63, 3.8) is 0 Å². The first-order valence-electron chi connectivity index (χ1n) is 22.6. The molecule has 0 spiro atoms. The Morgan fingerprint density at radius 2 is 1.43 bits per heavy atom. The van der Waals surface area contributed by atoms with Gasteiger partial charge < -0.3 is 32.0 Å². The van der Waals surface area contributed by atoms with Gasteiger partial charge in [0.05, 0.1) is 11.4 Å². The van der Waals surface area contributed by atoms with E-state index in [1.54, 1.807) is 0 Å². The predicted molar refractivity (Wildman–Crippen MR) is 270 cm³/mol. The van der Waals surface area contributed by atoms with Crippen LogP contribution in [0.3, 0.4) is 0 Å². The van der Waals surface area contributed by atoms with Crippen molar-refractivity contribution in [1.82, 2.24) is 26.3 Å². The van der Waals surface area contributed by atoms with E-state index >= 15 is 0 Å². The van der Waals surface area contributed by atoms with E-state index < -0.39 is 0 Å². The summed E-state index contributed by atoms with van der Waals surface area (Å²) in [6, 6.07) is 8.53. The van der Waals surface area contributed by atoms with Crippen LogP contribution >= 0.6 is 7.92 Å². The minimum Gasteiger partial charge on any atom is -0.389 e. The van der Waals surface area contributed by atoms with Crippen molar-refractivity contribution in [2.45, 2.75) is 168 Å². The van der Waals surface area contributed by atoms with Crippen molar-refractivity contribution >= 4 is 19.5 Å². The summed E-state index contributed by atoms with van der Waals surface area (Å²) in [6.45, 7) is 49.0. The van der Waals surface area contributed by atoms with Crippen LogP contribution < -0.4 is 33.0 Å². The zero-order chi connectivity index (χ0) is 46.3. The van der Waals surface area contributed by atoms with E-state index in [0.717, 1.165) is 91.9 Å². The van der Waals surface area contributed by atoms with Gasteiger partial charge in [-0.2, -0.15) is 0 Å². The molecule has 1 aromatic carbocycles. The van der Waals surface area contributed by atoms with Crippen molar-refractivity contribution < 1.29 is 4.79 Å². The van der Waals surface area contributed by atoms with Crippen LogP contribution in [0.25, 0.3) is 5.70 Å².